The molecule has 0 bridgehead atoms. The molecule has 4 amide bonds. The molecule has 170 valence electrons. The van der Waals surface area contributed by atoms with Gasteiger partial charge in [-0.2, -0.15) is 0 Å². The number of nitro benzene ring substituents is 1. The number of benzene rings is 2. The van der Waals surface area contributed by atoms with Crippen LogP contribution >= 0.6 is 0 Å². The molecule has 33 heavy (non-hydrogen) atoms. The van der Waals surface area contributed by atoms with Crippen molar-refractivity contribution in [3.05, 3.63) is 75.3 Å². The second-order valence-electron chi connectivity index (χ2n) is 8.04. The van der Waals surface area contributed by atoms with Gasteiger partial charge in [0.1, 0.15) is 17.9 Å². The van der Waals surface area contributed by atoms with Gasteiger partial charge in [0.2, 0.25) is 0 Å². The molecule has 1 aliphatic heterocycles. The molecule has 0 unspecified atom stereocenters. The number of barbiturate groups is 1. The number of ether oxygens (including phenoxy) is 1. The average molecular weight is 449 g/mol. The van der Waals surface area contributed by atoms with E-state index in [2.05, 4.69) is 5.32 Å². The number of rotatable bonds is 6. The molecular formula is C24H23N3O6. The third-order valence-corrected chi connectivity index (χ3v) is 5.81. The molecule has 1 N–H and O–H groups in total. The Kier molecular flexibility index (Phi) is 6.48. The van der Waals surface area contributed by atoms with Crippen molar-refractivity contribution in [3.63, 3.8) is 0 Å². The highest BCUT2D eigenvalue weighted by molar-refractivity contribution is 6.31. The predicted molar refractivity (Wildman–Crippen MR) is 119 cm³/mol. The van der Waals surface area contributed by atoms with Crippen molar-refractivity contribution in [2.24, 2.45) is 0 Å². The molecule has 0 aromatic heterocycles. The van der Waals surface area contributed by atoms with Crippen LogP contribution in [0.2, 0.25) is 0 Å². The fourth-order valence-electron chi connectivity index (χ4n) is 4.15. The van der Waals surface area contributed by atoms with Crippen molar-refractivity contribution in [1.82, 2.24) is 10.2 Å². The van der Waals surface area contributed by atoms with E-state index in [9.17, 15) is 24.5 Å². The van der Waals surface area contributed by atoms with Crippen molar-refractivity contribution in [1.29, 1.82) is 0 Å². The zero-order valence-corrected chi connectivity index (χ0v) is 17.9. The van der Waals surface area contributed by atoms with Gasteiger partial charge in [-0.1, -0.05) is 49.6 Å². The Morgan fingerprint density at radius 1 is 1.06 bits per heavy atom. The molecule has 0 atom stereocenters. The molecule has 1 saturated carbocycles. The van der Waals surface area contributed by atoms with Crippen LogP contribution in [0.25, 0.3) is 6.08 Å². The van der Waals surface area contributed by atoms with Crippen molar-refractivity contribution in [3.8, 4) is 5.75 Å². The van der Waals surface area contributed by atoms with E-state index in [0.29, 0.717) is 16.9 Å². The van der Waals surface area contributed by atoms with E-state index in [1.807, 2.05) is 0 Å². The van der Waals surface area contributed by atoms with E-state index >= 15 is 0 Å². The maximum atomic E-state index is 13.1. The third-order valence-electron chi connectivity index (χ3n) is 5.81. The van der Waals surface area contributed by atoms with Crippen LogP contribution in [0, 0.1) is 10.1 Å². The van der Waals surface area contributed by atoms with Gasteiger partial charge in [-0.15, -0.1) is 0 Å². The van der Waals surface area contributed by atoms with Crippen LogP contribution in [0.5, 0.6) is 5.75 Å². The van der Waals surface area contributed by atoms with Crippen LogP contribution in [-0.2, 0) is 16.2 Å². The van der Waals surface area contributed by atoms with E-state index < -0.39 is 22.8 Å². The molecular weight excluding hydrogens is 426 g/mol. The molecule has 2 fully saturated rings. The summed E-state index contributed by atoms with van der Waals surface area (Å²) in [5, 5.41) is 13.3. The summed E-state index contributed by atoms with van der Waals surface area (Å²) in [6.45, 7) is 0.0642. The summed E-state index contributed by atoms with van der Waals surface area (Å²) >= 11 is 0. The second kappa shape index (κ2) is 9.64. The van der Waals surface area contributed by atoms with Crippen molar-refractivity contribution in [2.45, 2.75) is 44.8 Å². The van der Waals surface area contributed by atoms with Gasteiger partial charge in [0, 0.05) is 23.7 Å². The number of nitrogens with zero attached hydrogens (tertiary/aromatic N) is 2. The number of non-ortho nitro benzene ring substituents is 1. The summed E-state index contributed by atoms with van der Waals surface area (Å²) in [5.74, 6) is -0.951. The summed E-state index contributed by atoms with van der Waals surface area (Å²) in [5.41, 5.74) is 0.918. The maximum Gasteiger partial charge on any atom is 0.331 e. The van der Waals surface area contributed by atoms with Crippen LogP contribution in [-0.4, -0.2) is 33.7 Å². The largest absolute Gasteiger partial charge is 0.488 e. The number of urea groups is 1. The Morgan fingerprint density at radius 2 is 1.82 bits per heavy atom. The van der Waals surface area contributed by atoms with E-state index in [-0.39, 0.29) is 23.9 Å². The Labute approximate surface area is 190 Å². The SMILES string of the molecule is O=C1NC(=O)N(C2CCCCC2)C(=O)C1=Cc1ccccc1OCc1cccc([N+](=O)[O-])c1. The number of carbonyl (C=O) groups excluding carboxylic acids is 3. The smallest absolute Gasteiger partial charge is 0.331 e. The third kappa shape index (κ3) is 4.92. The number of nitrogens with one attached hydrogen (secondary N) is 1. The van der Waals surface area contributed by atoms with Crippen LogP contribution in [0.1, 0.15) is 43.2 Å². The van der Waals surface area contributed by atoms with Gasteiger partial charge in [-0.05, 0) is 30.5 Å². The summed E-state index contributed by atoms with van der Waals surface area (Å²) in [7, 11) is 0. The Hall–Kier alpha value is -4.01. The van der Waals surface area contributed by atoms with Gasteiger partial charge in [0.25, 0.3) is 17.5 Å². The second-order valence-corrected chi connectivity index (χ2v) is 8.04. The molecule has 1 saturated heterocycles. The predicted octanol–water partition coefficient (Wildman–Crippen LogP) is 3.97. The number of amides is 4. The summed E-state index contributed by atoms with van der Waals surface area (Å²) in [6.07, 6.45) is 5.80. The Bertz CT molecular complexity index is 1140. The first kappa shape index (κ1) is 22.2. The summed E-state index contributed by atoms with van der Waals surface area (Å²) in [4.78, 5) is 49.7. The molecule has 2 aliphatic rings. The minimum Gasteiger partial charge on any atom is -0.488 e. The zero-order chi connectivity index (χ0) is 23.4. The highest BCUT2D eigenvalue weighted by atomic mass is 16.6. The molecule has 0 radical (unpaired) electrons. The fraction of sp³-hybridized carbons (Fsp3) is 0.292. The van der Waals surface area contributed by atoms with Crippen LogP contribution in [0.4, 0.5) is 10.5 Å². The lowest BCUT2D eigenvalue weighted by Crippen LogP contribution is -2.58. The first-order valence-electron chi connectivity index (χ1n) is 10.8. The molecule has 1 aliphatic carbocycles. The Morgan fingerprint density at radius 3 is 2.58 bits per heavy atom. The normalized spacial score (nSPS) is 18.4. The molecule has 0 spiro atoms. The van der Waals surface area contributed by atoms with Gasteiger partial charge in [0.05, 0.1) is 4.92 Å². The highest BCUT2D eigenvalue weighted by Gasteiger charge is 2.40. The molecule has 9 heteroatoms. The number of hydrogen-bond acceptors (Lipinski definition) is 6. The fourth-order valence-corrected chi connectivity index (χ4v) is 4.15. The number of carbonyl (C=O) groups is 3. The van der Waals surface area contributed by atoms with Crippen molar-refractivity contribution >= 4 is 29.6 Å². The lowest BCUT2D eigenvalue weighted by Gasteiger charge is -2.35. The standard InChI is InChI=1S/C24H23N3O6/c28-22-20(23(29)26(24(30)25-22)18-9-2-1-3-10-18)14-17-8-4-5-12-21(17)33-15-16-7-6-11-19(13-16)27(31)32/h4-8,11-14,18H,1-3,9-10,15H2,(H,25,28,30). The highest BCUT2D eigenvalue weighted by Crippen LogP contribution is 2.28. The van der Waals surface area contributed by atoms with Crippen LogP contribution < -0.4 is 10.1 Å². The number of para-hydroxylation sites is 1. The minimum atomic E-state index is -0.745. The zero-order valence-electron chi connectivity index (χ0n) is 17.9. The summed E-state index contributed by atoms with van der Waals surface area (Å²) in [6, 6.07) is 12.1. The number of nitro groups is 1. The van der Waals surface area contributed by atoms with Gasteiger partial charge in [0.15, 0.2) is 0 Å². The molecule has 2 aromatic rings. The maximum absolute atomic E-state index is 13.1. The van der Waals surface area contributed by atoms with Crippen molar-refractivity contribution in [2.75, 3.05) is 0 Å². The lowest BCUT2D eigenvalue weighted by molar-refractivity contribution is -0.384. The minimum absolute atomic E-state index is 0.0385. The monoisotopic (exact) mass is 449 g/mol. The lowest BCUT2D eigenvalue weighted by atomic mass is 9.93. The quantitative estimate of drug-likeness (QED) is 0.308. The van der Waals surface area contributed by atoms with E-state index in [0.717, 1.165) is 32.1 Å². The molecule has 9 nitrogen and oxygen atoms in total. The number of hydrogen-bond donors (Lipinski definition) is 1. The Balaban J connectivity index is 1.57. The number of imide groups is 2. The van der Waals surface area contributed by atoms with Gasteiger partial charge in [-0.3, -0.25) is 29.9 Å². The molecule has 2 aromatic carbocycles. The summed E-state index contributed by atoms with van der Waals surface area (Å²) < 4.78 is 5.84. The van der Waals surface area contributed by atoms with E-state index in [1.54, 1.807) is 36.4 Å². The van der Waals surface area contributed by atoms with E-state index in [1.165, 1.54) is 23.1 Å². The first-order chi connectivity index (χ1) is 15.9. The van der Waals surface area contributed by atoms with Gasteiger partial charge >= 0.3 is 6.03 Å². The average Bonchev–Trinajstić information content (AvgIpc) is 2.82. The van der Waals surface area contributed by atoms with Crippen LogP contribution in [0.15, 0.2) is 54.1 Å². The van der Waals surface area contributed by atoms with Gasteiger partial charge < -0.3 is 4.74 Å². The first-order valence-corrected chi connectivity index (χ1v) is 10.8. The van der Waals surface area contributed by atoms with Gasteiger partial charge in [-0.25, -0.2) is 4.79 Å². The van der Waals surface area contributed by atoms with E-state index in [4.69, 9.17) is 4.74 Å². The molecule has 1 heterocycles. The van der Waals surface area contributed by atoms with Crippen molar-refractivity contribution < 1.29 is 24.0 Å². The topological polar surface area (TPSA) is 119 Å². The molecule has 4 rings (SSSR count). The van der Waals surface area contributed by atoms with Crippen LogP contribution in [0.3, 0.4) is 0 Å².